The molecular weight excluding hydrogens is 128 g/mol. The minimum atomic E-state index is -0.541. The molecule has 0 radical (unpaired) electrons. The molecule has 0 aromatic rings. The van der Waals surface area contributed by atoms with E-state index in [1.165, 1.54) is 0 Å². The highest BCUT2D eigenvalue weighted by molar-refractivity contribution is 4.84. The van der Waals surface area contributed by atoms with E-state index in [4.69, 9.17) is 4.74 Å². The lowest BCUT2D eigenvalue weighted by atomic mass is 9.88. The Morgan fingerprint density at radius 1 is 1.70 bits per heavy atom. The average Bonchev–Trinajstić information content (AvgIpc) is 2.48. The van der Waals surface area contributed by atoms with Crippen molar-refractivity contribution in [2.45, 2.75) is 38.9 Å². The van der Waals surface area contributed by atoms with Gasteiger partial charge in [0.05, 0.1) is 18.3 Å². The standard InChI is InChI=1S/C8H16O2/c1-6(2)8(3,9)4-7-5-10-7/h6-7,9H,4-5H2,1-3H3/t7-,8+/m0/s1. The van der Waals surface area contributed by atoms with Gasteiger partial charge in [-0.3, -0.25) is 0 Å². The van der Waals surface area contributed by atoms with E-state index < -0.39 is 5.60 Å². The Morgan fingerprint density at radius 3 is 2.50 bits per heavy atom. The van der Waals surface area contributed by atoms with Crippen LogP contribution in [0.3, 0.4) is 0 Å². The van der Waals surface area contributed by atoms with E-state index in [0.29, 0.717) is 12.0 Å². The normalized spacial score (nSPS) is 30.3. The van der Waals surface area contributed by atoms with Gasteiger partial charge in [-0.05, 0) is 12.8 Å². The van der Waals surface area contributed by atoms with E-state index in [1.54, 1.807) is 0 Å². The molecule has 10 heavy (non-hydrogen) atoms. The smallest absolute Gasteiger partial charge is 0.0837 e. The summed E-state index contributed by atoms with van der Waals surface area (Å²) in [6.07, 6.45) is 1.11. The number of ether oxygens (including phenoxy) is 1. The Bertz CT molecular complexity index is 114. The molecule has 0 aromatic heterocycles. The van der Waals surface area contributed by atoms with Crippen molar-refractivity contribution in [1.29, 1.82) is 0 Å². The summed E-state index contributed by atoms with van der Waals surface area (Å²) < 4.78 is 5.03. The number of hydrogen-bond donors (Lipinski definition) is 1. The molecule has 0 spiro atoms. The topological polar surface area (TPSA) is 32.8 Å². The minimum absolute atomic E-state index is 0.316. The summed E-state index contributed by atoms with van der Waals surface area (Å²) in [5.74, 6) is 0.316. The number of aliphatic hydroxyl groups is 1. The van der Waals surface area contributed by atoms with Crippen LogP contribution in [0.1, 0.15) is 27.2 Å². The number of epoxide rings is 1. The first kappa shape index (κ1) is 8.02. The Morgan fingerprint density at radius 2 is 2.20 bits per heavy atom. The predicted octanol–water partition coefficient (Wildman–Crippen LogP) is 1.18. The maximum absolute atomic E-state index is 9.72. The molecule has 2 nitrogen and oxygen atoms in total. The van der Waals surface area contributed by atoms with Crippen molar-refractivity contribution in [3.63, 3.8) is 0 Å². The molecule has 1 fully saturated rings. The first-order valence-electron chi connectivity index (χ1n) is 3.86. The van der Waals surface area contributed by atoms with Crippen molar-refractivity contribution in [3.8, 4) is 0 Å². The lowest BCUT2D eigenvalue weighted by molar-refractivity contribution is -0.000837. The first-order chi connectivity index (χ1) is 4.52. The molecule has 1 rings (SSSR count). The summed E-state index contributed by atoms with van der Waals surface area (Å²) in [6.45, 7) is 6.77. The second-order valence-corrected chi connectivity index (χ2v) is 3.67. The van der Waals surface area contributed by atoms with Crippen LogP contribution in [-0.4, -0.2) is 23.4 Å². The Labute approximate surface area is 62.2 Å². The second kappa shape index (κ2) is 2.51. The molecule has 1 aliphatic rings. The molecule has 1 heterocycles. The maximum Gasteiger partial charge on any atom is 0.0837 e. The van der Waals surface area contributed by atoms with Gasteiger partial charge in [0, 0.05) is 6.42 Å². The first-order valence-corrected chi connectivity index (χ1v) is 3.86. The van der Waals surface area contributed by atoms with E-state index in [-0.39, 0.29) is 0 Å². The molecule has 0 aliphatic carbocycles. The summed E-state index contributed by atoms with van der Waals surface area (Å²) in [5.41, 5.74) is -0.541. The van der Waals surface area contributed by atoms with Gasteiger partial charge in [0.15, 0.2) is 0 Å². The average molecular weight is 144 g/mol. The van der Waals surface area contributed by atoms with Gasteiger partial charge >= 0.3 is 0 Å². The Kier molecular flexibility index (Phi) is 2.02. The fourth-order valence-electron chi connectivity index (χ4n) is 0.883. The van der Waals surface area contributed by atoms with Crippen LogP contribution in [-0.2, 0) is 4.74 Å². The molecule has 2 atom stereocenters. The molecule has 0 unspecified atom stereocenters. The zero-order chi connectivity index (χ0) is 7.78. The highest BCUT2D eigenvalue weighted by Crippen LogP contribution is 2.27. The van der Waals surface area contributed by atoms with Gasteiger partial charge in [0.1, 0.15) is 0 Å². The number of hydrogen-bond acceptors (Lipinski definition) is 2. The molecule has 60 valence electrons. The molecule has 0 bridgehead atoms. The highest BCUT2D eigenvalue weighted by atomic mass is 16.6. The van der Waals surface area contributed by atoms with E-state index >= 15 is 0 Å². The quantitative estimate of drug-likeness (QED) is 0.603. The molecular formula is C8H16O2. The molecule has 1 N–H and O–H groups in total. The molecule has 0 saturated carbocycles. The second-order valence-electron chi connectivity index (χ2n) is 3.67. The molecule has 2 heteroatoms. The molecule has 1 saturated heterocycles. The molecule has 1 aliphatic heterocycles. The molecule has 0 amide bonds. The number of rotatable bonds is 3. The van der Waals surface area contributed by atoms with Crippen LogP contribution in [0.25, 0.3) is 0 Å². The van der Waals surface area contributed by atoms with Crippen LogP contribution in [0.2, 0.25) is 0 Å². The van der Waals surface area contributed by atoms with Crippen LogP contribution in [0.15, 0.2) is 0 Å². The van der Waals surface area contributed by atoms with Crippen LogP contribution in [0.4, 0.5) is 0 Å². The van der Waals surface area contributed by atoms with Gasteiger partial charge in [-0.1, -0.05) is 13.8 Å². The van der Waals surface area contributed by atoms with Crippen LogP contribution >= 0.6 is 0 Å². The summed E-state index contributed by atoms with van der Waals surface area (Å²) >= 11 is 0. The summed E-state index contributed by atoms with van der Waals surface area (Å²) in [4.78, 5) is 0. The van der Waals surface area contributed by atoms with Crippen molar-refractivity contribution < 1.29 is 9.84 Å². The SMILES string of the molecule is CC(C)[C@](C)(O)C[C@H]1CO1. The van der Waals surface area contributed by atoms with E-state index in [9.17, 15) is 5.11 Å². The maximum atomic E-state index is 9.72. The summed E-state index contributed by atoms with van der Waals surface area (Å²) in [6, 6.07) is 0. The zero-order valence-corrected chi connectivity index (χ0v) is 6.92. The Balaban J connectivity index is 2.33. The fraction of sp³-hybridized carbons (Fsp3) is 1.00. The van der Waals surface area contributed by atoms with Gasteiger partial charge in [-0.25, -0.2) is 0 Å². The van der Waals surface area contributed by atoms with Crippen LogP contribution in [0, 0.1) is 5.92 Å². The third kappa shape index (κ3) is 1.96. The monoisotopic (exact) mass is 144 g/mol. The lowest BCUT2D eigenvalue weighted by Gasteiger charge is -2.26. The van der Waals surface area contributed by atoms with Gasteiger partial charge in [-0.2, -0.15) is 0 Å². The predicted molar refractivity (Wildman–Crippen MR) is 39.8 cm³/mol. The molecule has 0 aromatic carbocycles. The van der Waals surface area contributed by atoms with Gasteiger partial charge < -0.3 is 9.84 Å². The van der Waals surface area contributed by atoms with Crippen LogP contribution < -0.4 is 0 Å². The third-order valence-corrected chi connectivity index (χ3v) is 2.29. The largest absolute Gasteiger partial charge is 0.390 e. The minimum Gasteiger partial charge on any atom is -0.390 e. The zero-order valence-electron chi connectivity index (χ0n) is 6.92. The van der Waals surface area contributed by atoms with Gasteiger partial charge in [0.25, 0.3) is 0 Å². The van der Waals surface area contributed by atoms with Gasteiger partial charge in [0.2, 0.25) is 0 Å². The van der Waals surface area contributed by atoms with Crippen molar-refractivity contribution in [2.75, 3.05) is 6.61 Å². The van der Waals surface area contributed by atoms with Crippen LogP contribution in [0.5, 0.6) is 0 Å². The Hall–Kier alpha value is -0.0800. The summed E-state index contributed by atoms with van der Waals surface area (Å²) in [7, 11) is 0. The van der Waals surface area contributed by atoms with Crippen molar-refractivity contribution in [3.05, 3.63) is 0 Å². The van der Waals surface area contributed by atoms with Gasteiger partial charge in [-0.15, -0.1) is 0 Å². The fourth-order valence-corrected chi connectivity index (χ4v) is 0.883. The van der Waals surface area contributed by atoms with Crippen molar-refractivity contribution in [2.24, 2.45) is 5.92 Å². The van der Waals surface area contributed by atoms with Crippen molar-refractivity contribution in [1.82, 2.24) is 0 Å². The third-order valence-electron chi connectivity index (χ3n) is 2.29. The van der Waals surface area contributed by atoms with E-state index in [1.807, 2.05) is 20.8 Å². The highest BCUT2D eigenvalue weighted by Gasteiger charge is 2.34. The lowest BCUT2D eigenvalue weighted by Crippen LogP contribution is -2.32. The summed E-state index contributed by atoms with van der Waals surface area (Å²) in [5, 5.41) is 9.72. The van der Waals surface area contributed by atoms with Crippen molar-refractivity contribution >= 4 is 0 Å². The van der Waals surface area contributed by atoms with E-state index in [0.717, 1.165) is 13.0 Å². The van der Waals surface area contributed by atoms with E-state index in [2.05, 4.69) is 0 Å².